The van der Waals surface area contributed by atoms with Crippen LogP contribution in [0.2, 0.25) is 0 Å². The summed E-state index contributed by atoms with van der Waals surface area (Å²) in [6.07, 6.45) is 0. The van der Waals surface area contributed by atoms with Gasteiger partial charge < -0.3 is 15.4 Å². The zero-order valence-electron chi connectivity index (χ0n) is 14.7. The highest BCUT2D eigenvalue weighted by Gasteiger charge is 2.24. The van der Waals surface area contributed by atoms with Crippen molar-refractivity contribution in [3.8, 4) is 0 Å². The number of carbonyl (C=O) groups is 2. The molecule has 0 saturated carbocycles. The Bertz CT molecular complexity index is 742. The summed E-state index contributed by atoms with van der Waals surface area (Å²) in [6, 6.07) is 11.2. The van der Waals surface area contributed by atoms with E-state index in [9.17, 15) is 9.59 Å². The smallest absolute Gasteiger partial charge is 0.251 e. The van der Waals surface area contributed by atoms with E-state index in [2.05, 4.69) is 27.0 Å². The first-order valence-electron chi connectivity index (χ1n) is 8.64. The monoisotopic (exact) mass is 373 g/mol. The lowest BCUT2D eigenvalue weighted by Gasteiger charge is -2.34. The van der Waals surface area contributed by atoms with E-state index in [0.29, 0.717) is 31.0 Å². The lowest BCUT2D eigenvalue weighted by Crippen LogP contribution is -2.43. The highest BCUT2D eigenvalue weighted by atomic mass is 32.1. The molecule has 1 aliphatic heterocycles. The van der Waals surface area contributed by atoms with E-state index in [1.807, 2.05) is 6.07 Å². The van der Waals surface area contributed by atoms with Gasteiger partial charge in [-0.25, -0.2) is 0 Å². The van der Waals surface area contributed by atoms with Crippen LogP contribution in [-0.2, 0) is 9.53 Å². The predicted molar refractivity (Wildman–Crippen MR) is 103 cm³/mol. The number of carbonyl (C=O) groups excluding carboxylic acids is 2. The minimum absolute atomic E-state index is 0.140. The van der Waals surface area contributed by atoms with E-state index in [-0.39, 0.29) is 17.9 Å². The van der Waals surface area contributed by atoms with E-state index in [4.69, 9.17) is 4.74 Å². The molecule has 1 unspecified atom stereocenters. The van der Waals surface area contributed by atoms with Crippen LogP contribution in [0.15, 0.2) is 41.8 Å². The fourth-order valence-corrected chi connectivity index (χ4v) is 3.87. The molecule has 1 saturated heterocycles. The Morgan fingerprint density at radius 1 is 1.23 bits per heavy atom. The average Bonchev–Trinajstić information content (AvgIpc) is 3.17. The number of ether oxygens (including phenoxy) is 1. The Labute approximate surface area is 157 Å². The van der Waals surface area contributed by atoms with Crippen LogP contribution in [0, 0.1) is 0 Å². The lowest BCUT2D eigenvalue weighted by molar-refractivity contribution is -0.114. The largest absolute Gasteiger partial charge is 0.379 e. The molecule has 1 fully saturated rings. The number of amides is 2. The predicted octanol–water partition coefficient (Wildman–Crippen LogP) is 2.51. The Balaban J connectivity index is 1.66. The maximum Gasteiger partial charge on any atom is 0.251 e. The third-order valence-corrected chi connectivity index (χ3v) is 5.23. The first-order chi connectivity index (χ1) is 12.6. The van der Waals surface area contributed by atoms with Gasteiger partial charge in [-0.2, -0.15) is 0 Å². The third-order valence-electron chi connectivity index (χ3n) is 4.26. The average molecular weight is 373 g/mol. The molecule has 0 bridgehead atoms. The SMILES string of the molecule is CC(=O)Nc1cccc(C(=O)NCC(c2cccs2)N2CCOCC2)c1. The Morgan fingerprint density at radius 2 is 2.04 bits per heavy atom. The highest BCUT2D eigenvalue weighted by molar-refractivity contribution is 7.10. The van der Waals surface area contributed by atoms with E-state index < -0.39 is 0 Å². The summed E-state index contributed by atoms with van der Waals surface area (Å²) < 4.78 is 5.45. The maximum absolute atomic E-state index is 12.6. The molecule has 1 aromatic carbocycles. The molecule has 1 atom stereocenters. The number of nitrogens with one attached hydrogen (secondary N) is 2. The van der Waals surface area contributed by atoms with Crippen molar-refractivity contribution in [3.05, 3.63) is 52.2 Å². The van der Waals surface area contributed by atoms with Gasteiger partial charge >= 0.3 is 0 Å². The number of hydrogen-bond donors (Lipinski definition) is 2. The Morgan fingerprint density at radius 3 is 2.73 bits per heavy atom. The fraction of sp³-hybridized carbons (Fsp3) is 0.368. The molecule has 2 heterocycles. The summed E-state index contributed by atoms with van der Waals surface area (Å²) in [4.78, 5) is 27.4. The second-order valence-electron chi connectivity index (χ2n) is 6.15. The van der Waals surface area contributed by atoms with Crippen LogP contribution in [0.5, 0.6) is 0 Å². The van der Waals surface area contributed by atoms with Crippen LogP contribution >= 0.6 is 11.3 Å². The topological polar surface area (TPSA) is 70.7 Å². The first kappa shape index (κ1) is 18.6. The molecular weight excluding hydrogens is 350 g/mol. The highest BCUT2D eigenvalue weighted by Crippen LogP contribution is 2.25. The number of thiophene rings is 1. The molecule has 0 aliphatic carbocycles. The number of benzene rings is 1. The van der Waals surface area contributed by atoms with Gasteiger partial charge in [0.1, 0.15) is 0 Å². The third kappa shape index (κ3) is 4.91. The van der Waals surface area contributed by atoms with Gasteiger partial charge in [0.2, 0.25) is 5.91 Å². The molecule has 6 nitrogen and oxygen atoms in total. The first-order valence-corrected chi connectivity index (χ1v) is 9.52. The zero-order chi connectivity index (χ0) is 18.4. The Hall–Kier alpha value is -2.22. The van der Waals surface area contributed by atoms with E-state index in [0.717, 1.165) is 13.1 Å². The van der Waals surface area contributed by atoms with Gasteiger partial charge in [-0.15, -0.1) is 11.3 Å². The van der Waals surface area contributed by atoms with Gasteiger partial charge in [0, 0.05) is 42.7 Å². The molecule has 1 aliphatic rings. The molecule has 2 aromatic rings. The van der Waals surface area contributed by atoms with Crippen molar-refractivity contribution in [2.75, 3.05) is 38.2 Å². The lowest BCUT2D eigenvalue weighted by atomic mass is 10.1. The van der Waals surface area contributed by atoms with Crippen molar-refractivity contribution in [1.29, 1.82) is 0 Å². The molecule has 3 rings (SSSR count). The quantitative estimate of drug-likeness (QED) is 0.816. The second-order valence-corrected chi connectivity index (χ2v) is 7.13. The minimum atomic E-state index is -0.160. The summed E-state index contributed by atoms with van der Waals surface area (Å²) in [5.74, 6) is -0.306. The molecule has 0 spiro atoms. The molecule has 2 N–H and O–H groups in total. The second kappa shape index (κ2) is 8.93. The van der Waals surface area contributed by atoms with Crippen LogP contribution in [-0.4, -0.2) is 49.6 Å². The van der Waals surface area contributed by atoms with Gasteiger partial charge in [-0.3, -0.25) is 14.5 Å². The number of anilines is 1. The van der Waals surface area contributed by atoms with Crippen LogP contribution in [0.1, 0.15) is 28.2 Å². The summed E-state index contributed by atoms with van der Waals surface area (Å²) in [5, 5.41) is 7.79. The molecule has 0 radical (unpaired) electrons. The summed E-state index contributed by atoms with van der Waals surface area (Å²) >= 11 is 1.70. The molecule has 2 amide bonds. The van der Waals surface area contributed by atoms with Crippen molar-refractivity contribution < 1.29 is 14.3 Å². The van der Waals surface area contributed by atoms with Gasteiger partial charge in [0.25, 0.3) is 5.91 Å². The summed E-state index contributed by atoms with van der Waals surface area (Å²) in [6.45, 7) is 5.13. The van der Waals surface area contributed by atoms with E-state index in [1.54, 1.807) is 35.6 Å². The summed E-state index contributed by atoms with van der Waals surface area (Å²) in [7, 11) is 0. The number of rotatable bonds is 6. The van der Waals surface area contributed by atoms with Crippen molar-refractivity contribution in [2.45, 2.75) is 13.0 Å². The van der Waals surface area contributed by atoms with Crippen LogP contribution < -0.4 is 10.6 Å². The molecule has 26 heavy (non-hydrogen) atoms. The standard InChI is InChI=1S/C19H23N3O3S/c1-14(23)21-16-5-2-4-15(12-16)19(24)20-13-17(18-6-3-11-26-18)22-7-9-25-10-8-22/h2-6,11-12,17H,7-10,13H2,1H3,(H,20,24)(H,21,23). The van der Waals surface area contributed by atoms with Crippen molar-refractivity contribution >= 4 is 28.8 Å². The number of morpholine rings is 1. The fourth-order valence-electron chi connectivity index (χ4n) is 3.01. The summed E-state index contributed by atoms with van der Waals surface area (Å²) in [5.41, 5.74) is 1.15. The molecular formula is C19H23N3O3S. The number of nitrogens with zero attached hydrogens (tertiary/aromatic N) is 1. The number of hydrogen-bond acceptors (Lipinski definition) is 5. The molecule has 7 heteroatoms. The normalized spacial score (nSPS) is 16.0. The van der Waals surface area contributed by atoms with E-state index >= 15 is 0 Å². The van der Waals surface area contributed by atoms with Gasteiger partial charge in [0.05, 0.1) is 19.3 Å². The van der Waals surface area contributed by atoms with E-state index in [1.165, 1.54) is 11.8 Å². The van der Waals surface area contributed by atoms with Gasteiger partial charge in [-0.1, -0.05) is 12.1 Å². The van der Waals surface area contributed by atoms with Crippen LogP contribution in [0.3, 0.4) is 0 Å². The van der Waals surface area contributed by atoms with Crippen molar-refractivity contribution in [3.63, 3.8) is 0 Å². The minimum Gasteiger partial charge on any atom is -0.379 e. The molecule has 138 valence electrons. The Kier molecular flexibility index (Phi) is 6.38. The van der Waals surface area contributed by atoms with Gasteiger partial charge in [-0.05, 0) is 29.6 Å². The zero-order valence-corrected chi connectivity index (χ0v) is 15.6. The maximum atomic E-state index is 12.6. The molecule has 1 aromatic heterocycles. The van der Waals surface area contributed by atoms with Gasteiger partial charge in [0.15, 0.2) is 0 Å². The van der Waals surface area contributed by atoms with Crippen LogP contribution in [0.25, 0.3) is 0 Å². The van der Waals surface area contributed by atoms with Crippen LogP contribution in [0.4, 0.5) is 5.69 Å². The van der Waals surface area contributed by atoms with Crippen molar-refractivity contribution in [1.82, 2.24) is 10.2 Å². The van der Waals surface area contributed by atoms with Crippen molar-refractivity contribution in [2.24, 2.45) is 0 Å².